The summed E-state index contributed by atoms with van der Waals surface area (Å²) in [4.78, 5) is 7.42. The van der Waals surface area contributed by atoms with Gasteiger partial charge in [0.25, 0.3) is 0 Å². The average Bonchev–Trinajstić information content (AvgIpc) is 3.55. The van der Waals surface area contributed by atoms with Crippen molar-refractivity contribution in [1.82, 2.24) is 20.1 Å². The molecule has 2 aliphatic heterocycles. The van der Waals surface area contributed by atoms with Gasteiger partial charge in [0.2, 0.25) is 0 Å². The molecular weight excluding hydrogens is 503 g/mol. The van der Waals surface area contributed by atoms with Crippen LogP contribution in [0.25, 0.3) is 0 Å². The number of rotatable bonds is 4. The van der Waals surface area contributed by atoms with Gasteiger partial charge in [0, 0.05) is 37.8 Å². The van der Waals surface area contributed by atoms with Crippen molar-refractivity contribution < 1.29 is 4.74 Å². The number of aliphatic imine (C=N–C) groups is 1. The lowest BCUT2D eigenvalue weighted by Gasteiger charge is -2.27. The Bertz CT molecular complexity index is 930. The molecule has 0 bridgehead atoms. The number of benzene rings is 1. The minimum absolute atomic E-state index is 0. The van der Waals surface area contributed by atoms with Crippen molar-refractivity contribution in [2.75, 3.05) is 24.6 Å². The van der Waals surface area contributed by atoms with E-state index >= 15 is 0 Å². The Morgan fingerprint density at radius 1 is 1.23 bits per heavy atom. The second-order valence-electron chi connectivity index (χ2n) is 8.97. The smallest absolute Gasteiger partial charge is 0.199 e. The first-order valence-corrected chi connectivity index (χ1v) is 11.3. The Kier molecular flexibility index (Phi) is 6.86. The Balaban J connectivity index is 0.00000231. The highest BCUT2D eigenvalue weighted by Gasteiger charge is 2.45. The van der Waals surface area contributed by atoms with Crippen LogP contribution in [-0.2, 0) is 23.7 Å². The van der Waals surface area contributed by atoms with Crippen LogP contribution in [0.2, 0.25) is 0 Å². The Morgan fingerprint density at radius 2 is 2.03 bits per heavy atom. The molecule has 1 aliphatic carbocycles. The van der Waals surface area contributed by atoms with E-state index in [2.05, 4.69) is 44.7 Å². The molecule has 1 saturated heterocycles. The molecule has 1 aromatic heterocycles. The minimum Gasteiger partial charge on any atom is -0.376 e. The maximum Gasteiger partial charge on any atom is 0.199 e. The standard InChI is InChI=1S/C23H32N6O.HI/c1-17-26-27-21(28(17)2)15-25-22(24-14-18-8-7-13-30-18)29-16-23(11-5-6-12-23)19-9-3-4-10-20(19)29;/h3-4,9-10,18H,5-8,11-16H2,1-2H3,(H,24,25);1H. The maximum atomic E-state index is 5.85. The van der Waals surface area contributed by atoms with Gasteiger partial charge in [0.1, 0.15) is 12.4 Å². The third-order valence-corrected chi connectivity index (χ3v) is 7.11. The number of fused-ring (bicyclic) bond motifs is 2. The van der Waals surface area contributed by atoms with Crippen LogP contribution in [-0.4, -0.2) is 46.5 Å². The number of aryl methyl sites for hydroxylation is 1. The van der Waals surface area contributed by atoms with E-state index in [4.69, 9.17) is 9.73 Å². The van der Waals surface area contributed by atoms with E-state index in [0.717, 1.165) is 50.1 Å². The van der Waals surface area contributed by atoms with Gasteiger partial charge < -0.3 is 19.5 Å². The zero-order valence-electron chi connectivity index (χ0n) is 18.5. The van der Waals surface area contributed by atoms with Crippen molar-refractivity contribution >= 4 is 35.6 Å². The van der Waals surface area contributed by atoms with Gasteiger partial charge in [0.05, 0.1) is 6.10 Å². The second kappa shape index (κ2) is 9.44. The maximum absolute atomic E-state index is 5.85. The molecule has 1 spiro atoms. The van der Waals surface area contributed by atoms with Crippen molar-refractivity contribution in [2.45, 2.75) is 63.5 Å². The molecule has 1 unspecified atom stereocenters. The number of halogens is 1. The fourth-order valence-corrected chi connectivity index (χ4v) is 5.28. The molecule has 0 amide bonds. The molecular formula is C23H33IN6O. The predicted molar refractivity (Wildman–Crippen MR) is 133 cm³/mol. The summed E-state index contributed by atoms with van der Waals surface area (Å²) in [6.45, 7) is 5.14. The molecule has 2 aromatic rings. The van der Waals surface area contributed by atoms with Crippen LogP contribution in [0.5, 0.6) is 0 Å². The summed E-state index contributed by atoms with van der Waals surface area (Å²) < 4.78 is 7.86. The molecule has 1 saturated carbocycles. The fraction of sp³-hybridized carbons (Fsp3) is 0.609. The SMILES string of the molecule is Cc1nnc(CN=C(NCC2CCCO2)N2CC3(CCCC3)c3ccccc32)n1C.I. The van der Waals surface area contributed by atoms with Crippen molar-refractivity contribution in [1.29, 1.82) is 0 Å². The number of nitrogens with one attached hydrogen (secondary N) is 1. The number of guanidine groups is 1. The van der Waals surface area contributed by atoms with Gasteiger partial charge >= 0.3 is 0 Å². The van der Waals surface area contributed by atoms with Gasteiger partial charge in [-0.15, -0.1) is 34.2 Å². The molecule has 1 atom stereocenters. The molecule has 5 rings (SSSR count). The topological polar surface area (TPSA) is 67.6 Å². The molecule has 8 heteroatoms. The number of hydrogen-bond acceptors (Lipinski definition) is 4. The van der Waals surface area contributed by atoms with Crippen LogP contribution in [0, 0.1) is 6.92 Å². The Labute approximate surface area is 201 Å². The van der Waals surface area contributed by atoms with Crippen molar-refractivity contribution in [2.24, 2.45) is 12.0 Å². The summed E-state index contributed by atoms with van der Waals surface area (Å²) in [5.41, 5.74) is 3.06. The normalized spacial score (nSPS) is 22.1. The molecule has 2 fully saturated rings. The largest absolute Gasteiger partial charge is 0.376 e. The summed E-state index contributed by atoms with van der Waals surface area (Å²) in [5, 5.41) is 12.1. The van der Waals surface area contributed by atoms with E-state index in [1.807, 2.05) is 18.5 Å². The molecule has 7 nitrogen and oxygen atoms in total. The third-order valence-electron chi connectivity index (χ3n) is 7.11. The highest BCUT2D eigenvalue weighted by atomic mass is 127. The van der Waals surface area contributed by atoms with Crippen LogP contribution in [0.4, 0.5) is 5.69 Å². The summed E-state index contributed by atoms with van der Waals surface area (Å²) >= 11 is 0. The average molecular weight is 536 g/mol. The van der Waals surface area contributed by atoms with E-state index in [-0.39, 0.29) is 35.5 Å². The number of nitrogens with zero attached hydrogens (tertiary/aromatic N) is 5. The molecule has 0 radical (unpaired) electrons. The number of hydrogen-bond donors (Lipinski definition) is 1. The molecule has 31 heavy (non-hydrogen) atoms. The summed E-state index contributed by atoms with van der Waals surface area (Å²) in [5.74, 6) is 2.72. The second-order valence-corrected chi connectivity index (χ2v) is 8.97. The highest BCUT2D eigenvalue weighted by Crippen LogP contribution is 2.50. The Morgan fingerprint density at radius 3 is 2.74 bits per heavy atom. The summed E-state index contributed by atoms with van der Waals surface area (Å²) in [7, 11) is 2.00. The summed E-state index contributed by atoms with van der Waals surface area (Å²) in [6, 6.07) is 8.90. The number of aromatic nitrogens is 3. The number of anilines is 1. The Hall–Kier alpha value is -1.68. The van der Waals surface area contributed by atoms with Crippen molar-refractivity contribution in [3.05, 3.63) is 41.5 Å². The monoisotopic (exact) mass is 536 g/mol. The van der Waals surface area contributed by atoms with Crippen LogP contribution < -0.4 is 10.2 Å². The van der Waals surface area contributed by atoms with Crippen LogP contribution in [0.3, 0.4) is 0 Å². The zero-order chi connectivity index (χ0) is 20.6. The van der Waals surface area contributed by atoms with Crippen LogP contribution in [0.15, 0.2) is 29.3 Å². The van der Waals surface area contributed by atoms with Crippen molar-refractivity contribution in [3.63, 3.8) is 0 Å². The van der Waals surface area contributed by atoms with E-state index in [1.54, 1.807) is 0 Å². The highest BCUT2D eigenvalue weighted by molar-refractivity contribution is 14.0. The lowest BCUT2D eigenvalue weighted by molar-refractivity contribution is 0.114. The zero-order valence-corrected chi connectivity index (χ0v) is 20.8. The predicted octanol–water partition coefficient (Wildman–Crippen LogP) is 3.70. The van der Waals surface area contributed by atoms with Gasteiger partial charge in [-0.05, 0) is 44.2 Å². The van der Waals surface area contributed by atoms with Crippen LogP contribution >= 0.6 is 24.0 Å². The molecule has 3 aliphatic rings. The first kappa shape index (κ1) is 22.5. The van der Waals surface area contributed by atoms with E-state index in [9.17, 15) is 0 Å². The van der Waals surface area contributed by atoms with Gasteiger partial charge in [0.15, 0.2) is 11.8 Å². The van der Waals surface area contributed by atoms with Crippen LogP contribution in [0.1, 0.15) is 55.7 Å². The van der Waals surface area contributed by atoms with Gasteiger partial charge in [-0.1, -0.05) is 31.0 Å². The molecule has 1 N–H and O–H groups in total. The van der Waals surface area contributed by atoms with E-state index in [0.29, 0.717) is 6.54 Å². The quantitative estimate of drug-likeness (QED) is 0.367. The van der Waals surface area contributed by atoms with E-state index < -0.39 is 0 Å². The van der Waals surface area contributed by atoms with Gasteiger partial charge in [-0.25, -0.2) is 4.99 Å². The number of para-hydroxylation sites is 1. The molecule has 3 heterocycles. The molecule has 168 valence electrons. The van der Waals surface area contributed by atoms with Crippen molar-refractivity contribution in [3.8, 4) is 0 Å². The van der Waals surface area contributed by atoms with Gasteiger partial charge in [-0.3, -0.25) is 0 Å². The van der Waals surface area contributed by atoms with E-state index in [1.165, 1.54) is 36.9 Å². The fourth-order valence-electron chi connectivity index (χ4n) is 5.28. The third kappa shape index (κ3) is 4.33. The summed E-state index contributed by atoms with van der Waals surface area (Å²) in [6.07, 6.45) is 7.69. The lowest BCUT2D eigenvalue weighted by atomic mass is 9.81. The molecule has 1 aromatic carbocycles. The minimum atomic E-state index is 0. The lowest BCUT2D eigenvalue weighted by Crippen LogP contribution is -2.45. The number of ether oxygens (including phenoxy) is 1. The first-order chi connectivity index (χ1) is 14.7. The first-order valence-electron chi connectivity index (χ1n) is 11.3. The van der Waals surface area contributed by atoms with Gasteiger partial charge in [-0.2, -0.15) is 0 Å².